The molecule has 0 atom stereocenters. The smallest absolute Gasteiger partial charge is 0.316 e. The first kappa shape index (κ1) is 31.1. The van der Waals surface area contributed by atoms with Gasteiger partial charge in [-0.05, 0) is 30.7 Å². The van der Waals surface area contributed by atoms with Crippen molar-refractivity contribution in [3.8, 4) is 5.75 Å². The molecule has 0 fully saturated rings. The van der Waals surface area contributed by atoms with Crippen molar-refractivity contribution in [3.05, 3.63) is 24.3 Å². The molecular formula is C28H49N3O3S. The minimum Gasteiger partial charge on any atom is -0.508 e. The number of urea groups is 1. The van der Waals surface area contributed by atoms with Gasteiger partial charge in [-0.25, -0.2) is 4.79 Å². The molecule has 0 aliphatic rings. The molecule has 0 saturated heterocycles. The molecule has 0 aliphatic heterocycles. The molecule has 0 unspecified atom stereocenters. The van der Waals surface area contributed by atoms with Crippen molar-refractivity contribution in [2.45, 2.75) is 115 Å². The van der Waals surface area contributed by atoms with E-state index in [1.807, 2.05) is 12.1 Å². The van der Waals surface area contributed by atoms with Crippen LogP contribution in [0.3, 0.4) is 0 Å². The third kappa shape index (κ3) is 20.0. The Hall–Kier alpha value is -1.89. The predicted molar refractivity (Wildman–Crippen MR) is 148 cm³/mol. The Morgan fingerprint density at radius 2 is 1.23 bits per heavy atom. The second-order valence-corrected chi connectivity index (χ2v) is 10.4. The molecule has 1 aromatic rings. The summed E-state index contributed by atoms with van der Waals surface area (Å²) < 4.78 is 0. The zero-order valence-corrected chi connectivity index (χ0v) is 22.7. The Balaban J connectivity index is 1.81. The highest BCUT2D eigenvalue weighted by molar-refractivity contribution is 7.99. The van der Waals surface area contributed by atoms with Crippen LogP contribution in [0.5, 0.6) is 5.75 Å². The van der Waals surface area contributed by atoms with E-state index < -0.39 is 0 Å². The van der Waals surface area contributed by atoms with Gasteiger partial charge in [0.2, 0.25) is 5.91 Å². The number of phenols is 1. The Morgan fingerprint density at radius 3 is 1.77 bits per heavy atom. The van der Waals surface area contributed by atoms with Crippen LogP contribution in [-0.4, -0.2) is 36.0 Å². The molecule has 0 heterocycles. The van der Waals surface area contributed by atoms with Crippen LogP contribution in [0.25, 0.3) is 0 Å². The van der Waals surface area contributed by atoms with Gasteiger partial charge in [0.05, 0.1) is 6.67 Å². The van der Waals surface area contributed by atoms with Crippen molar-refractivity contribution < 1.29 is 14.7 Å². The zero-order valence-electron chi connectivity index (χ0n) is 21.9. The quantitative estimate of drug-likeness (QED) is 0.0764. The number of nitrogens with one attached hydrogen (secondary N) is 3. The number of benzene rings is 1. The average molecular weight is 508 g/mol. The molecule has 0 saturated carbocycles. The number of hydrogen-bond donors (Lipinski definition) is 4. The standard InChI is InChI=1S/C28H49N3O3S/c1-2-3-4-5-6-7-8-9-10-11-12-13-14-15-16-17-27(33)30-24-31-28(34)29-22-23-35-26-20-18-25(32)19-21-26/h18-21,32H,2-17,22-24H2,1H3,(H,30,33)(H2,29,31,34). The summed E-state index contributed by atoms with van der Waals surface area (Å²) in [5, 5.41) is 17.4. The van der Waals surface area contributed by atoms with Crippen LogP contribution in [0, 0.1) is 0 Å². The van der Waals surface area contributed by atoms with Crippen molar-refractivity contribution in [1.29, 1.82) is 0 Å². The summed E-state index contributed by atoms with van der Waals surface area (Å²) in [6.45, 7) is 2.93. The molecule has 0 aromatic heterocycles. The lowest BCUT2D eigenvalue weighted by molar-refractivity contribution is -0.121. The molecule has 6 nitrogen and oxygen atoms in total. The highest BCUT2D eigenvalue weighted by Crippen LogP contribution is 2.20. The Morgan fingerprint density at radius 1 is 0.714 bits per heavy atom. The molecule has 0 radical (unpaired) electrons. The lowest BCUT2D eigenvalue weighted by atomic mass is 10.0. The van der Waals surface area contributed by atoms with Gasteiger partial charge in [0.1, 0.15) is 5.75 Å². The molecule has 1 aromatic carbocycles. The lowest BCUT2D eigenvalue weighted by Crippen LogP contribution is -2.43. The van der Waals surface area contributed by atoms with E-state index in [4.69, 9.17) is 0 Å². The van der Waals surface area contributed by atoms with Crippen LogP contribution in [0.2, 0.25) is 0 Å². The van der Waals surface area contributed by atoms with Gasteiger partial charge in [0.25, 0.3) is 0 Å². The van der Waals surface area contributed by atoms with Crippen molar-refractivity contribution in [3.63, 3.8) is 0 Å². The molecule has 4 N–H and O–H groups in total. The fourth-order valence-corrected chi connectivity index (χ4v) is 4.67. The minimum absolute atomic E-state index is 0.0112. The van der Waals surface area contributed by atoms with Gasteiger partial charge in [-0.3, -0.25) is 4.79 Å². The van der Waals surface area contributed by atoms with Gasteiger partial charge in [0.15, 0.2) is 0 Å². The number of rotatable bonds is 22. The van der Waals surface area contributed by atoms with E-state index in [0.29, 0.717) is 13.0 Å². The van der Waals surface area contributed by atoms with Crippen molar-refractivity contribution in [2.24, 2.45) is 0 Å². The normalized spacial score (nSPS) is 10.8. The average Bonchev–Trinajstić information content (AvgIpc) is 2.85. The molecule has 200 valence electrons. The molecular weight excluding hydrogens is 458 g/mol. The molecule has 7 heteroatoms. The number of unbranched alkanes of at least 4 members (excludes halogenated alkanes) is 14. The number of amides is 3. The largest absolute Gasteiger partial charge is 0.508 e. The van der Waals surface area contributed by atoms with E-state index in [-0.39, 0.29) is 24.4 Å². The third-order valence-electron chi connectivity index (χ3n) is 6.03. The molecule has 0 spiro atoms. The fourth-order valence-electron chi connectivity index (χ4n) is 3.91. The highest BCUT2D eigenvalue weighted by Gasteiger charge is 2.03. The summed E-state index contributed by atoms with van der Waals surface area (Å²) >= 11 is 1.60. The molecule has 1 rings (SSSR count). The highest BCUT2D eigenvalue weighted by atomic mass is 32.2. The minimum atomic E-state index is -0.288. The summed E-state index contributed by atoms with van der Waals surface area (Å²) in [5.74, 6) is 0.959. The fraction of sp³-hybridized carbons (Fsp3) is 0.714. The van der Waals surface area contributed by atoms with E-state index in [1.54, 1.807) is 23.9 Å². The second kappa shape index (κ2) is 22.6. The van der Waals surface area contributed by atoms with E-state index in [9.17, 15) is 14.7 Å². The van der Waals surface area contributed by atoms with Gasteiger partial charge >= 0.3 is 6.03 Å². The van der Waals surface area contributed by atoms with Gasteiger partial charge in [-0.1, -0.05) is 96.8 Å². The predicted octanol–water partition coefficient (Wildman–Crippen LogP) is 7.12. The lowest BCUT2D eigenvalue weighted by Gasteiger charge is -2.09. The second-order valence-electron chi connectivity index (χ2n) is 9.25. The summed E-state index contributed by atoms with van der Waals surface area (Å²) in [4.78, 5) is 24.7. The van der Waals surface area contributed by atoms with E-state index in [0.717, 1.165) is 23.5 Å². The van der Waals surface area contributed by atoms with E-state index >= 15 is 0 Å². The maximum absolute atomic E-state index is 11.9. The summed E-state index contributed by atoms with van der Waals surface area (Å²) in [6, 6.07) is 6.68. The number of carbonyl (C=O) groups excluding carboxylic acids is 2. The first-order valence-electron chi connectivity index (χ1n) is 13.8. The van der Waals surface area contributed by atoms with Crippen molar-refractivity contribution in [1.82, 2.24) is 16.0 Å². The monoisotopic (exact) mass is 507 g/mol. The number of aromatic hydroxyl groups is 1. The van der Waals surface area contributed by atoms with Crippen LogP contribution in [0.15, 0.2) is 29.2 Å². The summed E-state index contributed by atoms with van der Waals surface area (Å²) in [6.07, 6.45) is 20.2. The van der Waals surface area contributed by atoms with Crippen LogP contribution in [-0.2, 0) is 4.79 Å². The SMILES string of the molecule is CCCCCCCCCCCCCCCCCC(=O)NCNC(=O)NCCSc1ccc(O)cc1. The molecule has 0 aliphatic carbocycles. The van der Waals surface area contributed by atoms with Crippen molar-refractivity contribution >= 4 is 23.7 Å². The van der Waals surface area contributed by atoms with Crippen LogP contribution in [0.4, 0.5) is 4.79 Å². The molecule has 35 heavy (non-hydrogen) atoms. The molecule has 3 amide bonds. The Bertz CT molecular complexity index is 655. The van der Waals surface area contributed by atoms with Gasteiger partial charge in [-0.15, -0.1) is 11.8 Å². The first-order valence-corrected chi connectivity index (χ1v) is 14.8. The maximum atomic E-state index is 11.9. The summed E-state index contributed by atoms with van der Waals surface area (Å²) in [7, 11) is 0. The van der Waals surface area contributed by atoms with Crippen LogP contribution < -0.4 is 16.0 Å². The van der Waals surface area contributed by atoms with E-state index in [2.05, 4.69) is 22.9 Å². The number of carbonyl (C=O) groups is 2. The maximum Gasteiger partial charge on any atom is 0.316 e. The van der Waals surface area contributed by atoms with Crippen LogP contribution >= 0.6 is 11.8 Å². The van der Waals surface area contributed by atoms with Crippen LogP contribution in [0.1, 0.15) is 110 Å². The number of hydrogen-bond acceptors (Lipinski definition) is 4. The topological polar surface area (TPSA) is 90.5 Å². The van der Waals surface area contributed by atoms with Gasteiger partial charge in [-0.2, -0.15) is 0 Å². The van der Waals surface area contributed by atoms with E-state index in [1.165, 1.54) is 83.5 Å². The first-order chi connectivity index (χ1) is 17.1. The number of thioether (sulfide) groups is 1. The van der Waals surface area contributed by atoms with Crippen molar-refractivity contribution in [2.75, 3.05) is 19.0 Å². The Kier molecular flexibility index (Phi) is 20.1. The number of phenolic OH excluding ortho intramolecular Hbond substituents is 1. The third-order valence-corrected chi connectivity index (χ3v) is 7.05. The molecule has 0 bridgehead atoms. The zero-order chi connectivity index (χ0) is 25.4. The van der Waals surface area contributed by atoms with Gasteiger partial charge < -0.3 is 21.1 Å². The Labute approximate surface area is 217 Å². The summed E-state index contributed by atoms with van der Waals surface area (Å²) in [5.41, 5.74) is 0. The van der Waals surface area contributed by atoms with Gasteiger partial charge in [0, 0.05) is 23.6 Å².